The predicted octanol–water partition coefficient (Wildman–Crippen LogP) is 5.31. The van der Waals surface area contributed by atoms with Crippen LogP contribution in [-0.4, -0.2) is 22.8 Å². The number of phenolic OH excluding ortho intramolecular Hbond substituents is 2. The maximum Gasteiger partial charge on any atom is 0.305 e. The summed E-state index contributed by atoms with van der Waals surface area (Å²) in [5.41, 5.74) is 1.58. The lowest BCUT2D eigenvalue weighted by Gasteiger charge is -2.31. The lowest BCUT2D eigenvalue weighted by Crippen LogP contribution is -2.25. The smallest absolute Gasteiger partial charge is 0.305 e. The maximum absolute atomic E-state index is 12.2. The van der Waals surface area contributed by atoms with Gasteiger partial charge in [-0.2, -0.15) is 0 Å². The number of hydrogen-bond donors (Lipinski definition) is 2. The Hall–Kier alpha value is -2.49. The molecule has 0 bridgehead atoms. The highest BCUT2D eigenvalue weighted by Crippen LogP contribution is 2.37. The summed E-state index contributed by atoms with van der Waals surface area (Å²) in [5, 5.41) is 19.2. The van der Waals surface area contributed by atoms with Crippen molar-refractivity contribution >= 4 is 5.97 Å². The third-order valence-corrected chi connectivity index (χ3v) is 5.10. The summed E-state index contributed by atoms with van der Waals surface area (Å²) in [6, 6.07) is 14.1. The zero-order valence-corrected chi connectivity index (χ0v) is 16.3. The van der Waals surface area contributed by atoms with Crippen molar-refractivity contribution in [1.29, 1.82) is 0 Å². The summed E-state index contributed by atoms with van der Waals surface area (Å²) >= 11 is 0. The molecule has 27 heavy (non-hydrogen) atoms. The second kappa shape index (κ2) is 10.0. The zero-order valence-electron chi connectivity index (χ0n) is 16.3. The normalized spacial score (nSPS) is 11.3. The van der Waals surface area contributed by atoms with E-state index < -0.39 is 5.41 Å². The van der Waals surface area contributed by atoms with E-state index in [1.54, 1.807) is 24.3 Å². The number of unbranched alkanes of at least 4 members (excludes halogenated alkanes) is 3. The Kier molecular flexibility index (Phi) is 7.71. The van der Waals surface area contributed by atoms with E-state index in [0.717, 1.165) is 36.8 Å². The van der Waals surface area contributed by atoms with E-state index in [9.17, 15) is 15.0 Å². The number of phenols is 2. The van der Waals surface area contributed by atoms with Gasteiger partial charge < -0.3 is 14.9 Å². The molecule has 0 spiro atoms. The van der Waals surface area contributed by atoms with Crippen LogP contribution in [-0.2, 0) is 14.9 Å². The van der Waals surface area contributed by atoms with Crippen molar-refractivity contribution in [2.24, 2.45) is 0 Å². The minimum atomic E-state index is -0.428. The molecule has 0 saturated carbocycles. The number of ether oxygens (including phenoxy) is 1. The number of esters is 1. The van der Waals surface area contributed by atoms with Crippen LogP contribution < -0.4 is 0 Å². The summed E-state index contributed by atoms with van der Waals surface area (Å²) in [6.45, 7) is 4.70. The van der Waals surface area contributed by atoms with Gasteiger partial charge in [-0.3, -0.25) is 4.79 Å². The third-order valence-electron chi connectivity index (χ3n) is 5.10. The molecular formula is C23H30O4. The number of hydrogen-bond acceptors (Lipinski definition) is 4. The van der Waals surface area contributed by atoms with Crippen LogP contribution >= 0.6 is 0 Å². The molecule has 0 aliphatic rings. The zero-order chi connectivity index (χ0) is 19.7. The van der Waals surface area contributed by atoms with E-state index in [-0.39, 0.29) is 17.5 Å². The largest absolute Gasteiger partial charge is 0.508 e. The van der Waals surface area contributed by atoms with Crippen LogP contribution in [0.5, 0.6) is 11.5 Å². The molecule has 4 nitrogen and oxygen atoms in total. The van der Waals surface area contributed by atoms with E-state index in [2.05, 4.69) is 13.8 Å². The highest BCUT2D eigenvalue weighted by molar-refractivity contribution is 5.69. The van der Waals surface area contributed by atoms with Gasteiger partial charge in [0.1, 0.15) is 11.5 Å². The Morgan fingerprint density at radius 3 is 1.89 bits per heavy atom. The van der Waals surface area contributed by atoms with Crippen molar-refractivity contribution in [1.82, 2.24) is 0 Å². The Morgan fingerprint density at radius 1 is 0.889 bits per heavy atom. The van der Waals surface area contributed by atoms with Gasteiger partial charge in [-0.1, -0.05) is 57.4 Å². The quantitative estimate of drug-likeness (QED) is 0.439. The Bertz CT molecular complexity index is 659. The molecule has 0 radical (unpaired) electrons. The van der Waals surface area contributed by atoms with Crippen molar-refractivity contribution in [3.8, 4) is 11.5 Å². The standard InChI is InChI=1S/C23H30O4/c1-3-4-5-6-17-27-22(26)15-16-23(2,18-7-11-20(24)12-8-18)19-9-13-21(25)14-10-19/h7-14,24-25H,3-6,15-17H2,1-2H3. The van der Waals surface area contributed by atoms with Crippen LogP contribution in [0.3, 0.4) is 0 Å². The molecule has 0 amide bonds. The van der Waals surface area contributed by atoms with Crippen molar-refractivity contribution < 1.29 is 19.7 Å². The van der Waals surface area contributed by atoms with E-state index in [0.29, 0.717) is 19.4 Å². The van der Waals surface area contributed by atoms with Gasteiger partial charge in [0.15, 0.2) is 0 Å². The summed E-state index contributed by atoms with van der Waals surface area (Å²) in [7, 11) is 0. The average molecular weight is 370 g/mol. The van der Waals surface area contributed by atoms with Gasteiger partial charge in [0.05, 0.1) is 6.61 Å². The Balaban J connectivity index is 2.08. The highest BCUT2D eigenvalue weighted by atomic mass is 16.5. The number of carbonyl (C=O) groups excluding carboxylic acids is 1. The van der Waals surface area contributed by atoms with Gasteiger partial charge >= 0.3 is 5.97 Å². The lowest BCUT2D eigenvalue weighted by atomic mass is 9.73. The molecule has 0 aliphatic heterocycles. The first-order valence-electron chi connectivity index (χ1n) is 9.70. The lowest BCUT2D eigenvalue weighted by molar-refractivity contribution is -0.144. The maximum atomic E-state index is 12.2. The SMILES string of the molecule is CCCCCCOC(=O)CCC(C)(c1ccc(O)cc1)c1ccc(O)cc1. The van der Waals surface area contributed by atoms with E-state index >= 15 is 0 Å². The molecule has 0 atom stereocenters. The first-order valence-corrected chi connectivity index (χ1v) is 9.70. The molecule has 0 aromatic heterocycles. The number of rotatable bonds is 10. The summed E-state index contributed by atoms with van der Waals surface area (Å²) < 4.78 is 5.38. The molecule has 0 unspecified atom stereocenters. The van der Waals surface area contributed by atoms with Crippen LogP contribution in [0.15, 0.2) is 48.5 Å². The minimum absolute atomic E-state index is 0.185. The summed E-state index contributed by atoms with van der Waals surface area (Å²) in [4.78, 5) is 12.2. The molecule has 4 heteroatoms. The minimum Gasteiger partial charge on any atom is -0.508 e. The molecule has 2 aromatic rings. The van der Waals surface area contributed by atoms with Crippen LogP contribution in [0.25, 0.3) is 0 Å². The molecule has 2 rings (SSSR count). The fraction of sp³-hybridized carbons (Fsp3) is 0.435. The van der Waals surface area contributed by atoms with Gasteiger partial charge in [0.2, 0.25) is 0 Å². The fourth-order valence-electron chi connectivity index (χ4n) is 3.25. The van der Waals surface area contributed by atoms with E-state index in [1.165, 1.54) is 0 Å². The van der Waals surface area contributed by atoms with Gasteiger partial charge in [-0.25, -0.2) is 0 Å². The van der Waals surface area contributed by atoms with Crippen molar-refractivity contribution in [3.63, 3.8) is 0 Å². The van der Waals surface area contributed by atoms with Crippen molar-refractivity contribution in [2.45, 2.75) is 57.8 Å². The fourth-order valence-corrected chi connectivity index (χ4v) is 3.25. The molecule has 0 saturated heterocycles. The predicted molar refractivity (Wildman–Crippen MR) is 107 cm³/mol. The Morgan fingerprint density at radius 2 is 1.41 bits per heavy atom. The van der Waals surface area contributed by atoms with Crippen LogP contribution in [0.2, 0.25) is 0 Å². The second-order valence-corrected chi connectivity index (χ2v) is 7.21. The van der Waals surface area contributed by atoms with Crippen LogP contribution in [0, 0.1) is 0 Å². The molecule has 0 fully saturated rings. The number of aromatic hydroxyl groups is 2. The highest BCUT2D eigenvalue weighted by Gasteiger charge is 2.30. The number of benzene rings is 2. The van der Waals surface area contributed by atoms with Gasteiger partial charge in [0, 0.05) is 11.8 Å². The van der Waals surface area contributed by atoms with Crippen molar-refractivity contribution in [2.75, 3.05) is 6.61 Å². The van der Waals surface area contributed by atoms with Crippen LogP contribution in [0.4, 0.5) is 0 Å². The summed E-state index contributed by atoms with van der Waals surface area (Å²) in [6.07, 6.45) is 5.21. The molecular weight excluding hydrogens is 340 g/mol. The second-order valence-electron chi connectivity index (χ2n) is 7.21. The molecule has 146 valence electrons. The third kappa shape index (κ3) is 6.02. The van der Waals surface area contributed by atoms with Gasteiger partial charge in [-0.15, -0.1) is 0 Å². The van der Waals surface area contributed by atoms with Gasteiger partial charge in [-0.05, 0) is 48.2 Å². The Labute approximate surface area is 161 Å². The van der Waals surface area contributed by atoms with Crippen LogP contribution in [0.1, 0.15) is 63.5 Å². The summed E-state index contributed by atoms with van der Waals surface area (Å²) in [5.74, 6) is 0.229. The van der Waals surface area contributed by atoms with E-state index in [4.69, 9.17) is 4.74 Å². The molecule has 0 heterocycles. The molecule has 2 aromatic carbocycles. The average Bonchev–Trinajstić information content (AvgIpc) is 2.67. The molecule has 2 N–H and O–H groups in total. The number of carbonyl (C=O) groups is 1. The monoisotopic (exact) mass is 370 g/mol. The first kappa shape index (κ1) is 20.8. The molecule has 0 aliphatic carbocycles. The van der Waals surface area contributed by atoms with E-state index in [1.807, 2.05) is 24.3 Å². The topological polar surface area (TPSA) is 66.8 Å². The first-order chi connectivity index (χ1) is 13.0. The van der Waals surface area contributed by atoms with Crippen molar-refractivity contribution in [3.05, 3.63) is 59.7 Å². The van der Waals surface area contributed by atoms with Gasteiger partial charge in [0.25, 0.3) is 0 Å².